The van der Waals surface area contributed by atoms with Crippen LogP contribution in [-0.4, -0.2) is 38.9 Å². The first-order valence-electron chi connectivity index (χ1n) is 8.35. The molecule has 1 atom stereocenters. The van der Waals surface area contributed by atoms with Crippen molar-refractivity contribution in [3.8, 4) is 0 Å². The van der Waals surface area contributed by atoms with Gasteiger partial charge < -0.3 is 4.90 Å². The highest BCUT2D eigenvalue weighted by Gasteiger charge is 2.27. The zero-order valence-corrected chi connectivity index (χ0v) is 13.4. The van der Waals surface area contributed by atoms with Crippen molar-refractivity contribution in [1.29, 1.82) is 0 Å². The van der Waals surface area contributed by atoms with Gasteiger partial charge in [-0.05, 0) is 31.4 Å². The van der Waals surface area contributed by atoms with Crippen molar-refractivity contribution in [1.82, 2.24) is 19.9 Å². The van der Waals surface area contributed by atoms with E-state index in [2.05, 4.69) is 10.3 Å². The lowest BCUT2D eigenvalue weighted by Gasteiger charge is -2.25. The molecule has 6 heteroatoms. The van der Waals surface area contributed by atoms with E-state index in [9.17, 15) is 9.59 Å². The molecule has 1 amide bonds. The number of likely N-dealkylation sites (tertiary alicyclic amines) is 1. The Morgan fingerprint density at radius 1 is 1.17 bits per heavy atom. The van der Waals surface area contributed by atoms with Gasteiger partial charge in [0.2, 0.25) is 5.91 Å². The molecule has 1 aliphatic rings. The van der Waals surface area contributed by atoms with Gasteiger partial charge in [-0.3, -0.25) is 9.59 Å². The molecule has 1 unspecified atom stereocenters. The fourth-order valence-corrected chi connectivity index (χ4v) is 3.16. The van der Waals surface area contributed by atoms with Crippen LogP contribution in [0.1, 0.15) is 45.1 Å². The van der Waals surface area contributed by atoms with Gasteiger partial charge in [-0.15, -0.1) is 5.10 Å². The molecule has 1 saturated heterocycles. The van der Waals surface area contributed by atoms with Gasteiger partial charge in [0, 0.05) is 13.1 Å². The van der Waals surface area contributed by atoms with Crippen molar-refractivity contribution in [3.63, 3.8) is 0 Å². The van der Waals surface area contributed by atoms with Gasteiger partial charge in [0.15, 0.2) is 0 Å². The molecule has 6 nitrogen and oxygen atoms in total. The first kappa shape index (κ1) is 15.6. The largest absolute Gasteiger partial charge is 0.341 e. The molecule has 2 aromatic rings. The summed E-state index contributed by atoms with van der Waals surface area (Å²) < 4.78 is 1.26. The Morgan fingerprint density at radius 3 is 2.57 bits per heavy atom. The maximum Gasteiger partial charge on any atom is 0.278 e. The molecular weight excluding hydrogens is 292 g/mol. The van der Waals surface area contributed by atoms with E-state index in [4.69, 9.17) is 0 Å². The molecule has 2 heterocycles. The number of benzene rings is 1. The molecule has 0 bridgehead atoms. The van der Waals surface area contributed by atoms with Gasteiger partial charge in [0.25, 0.3) is 5.56 Å². The Labute approximate surface area is 135 Å². The Morgan fingerprint density at radius 2 is 1.87 bits per heavy atom. The van der Waals surface area contributed by atoms with Gasteiger partial charge in [0.05, 0.1) is 5.39 Å². The number of rotatable bonds is 3. The van der Waals surface area contributed by atoms with Crippen LogP contribution in [0.3, 0.4) is 0 Å². The second-order valence-electron chi connectivity index (χ2n) is 6.02. The number of hydrogen-bond donors (Lipinski definition) is 0. The Hall–Kier alpha value is -2.24. The summed E-state index contributed by atoms with van der Waals surface area (Å²) in [5.74, 6) is -0.0129. The maximum absolute atomic E-state index is 12.9. The van der Waals surface area contributed by atoms with Crippen LogP contribution >= 0.6 is 0 Å². The summed E-state index contributed by atoms with van der Waals surface area (Å²) in [6.07, 6.45) is 4.91. The zero-order valence-electron chi connectivity index (χ0n) is 13.4. The minimum absolute atomic E-state index is 0.0129. The highest BCUT2D eigenvalue weighted by molar-refractivity contribution is 5.81. The number of aromatic nitrogens is 3. The van der Waals surface area contributed by atoms with Crippen molar-refractivity contribution in [3.05, 3.63) is 34.6 Å². The molecule has 1 aromatic heterocycles. The summed E-state index contributed by atoms with van der Waals surface area (Å²) in [6.45, 7) is 3.44. The molecule has 1 aliphatic heterocycles. The third kappa shape index (κ3) is 3.11. The van der Waals surface area contributed by atoms with Crippen LogP contribution in [0.2, 0.25) is 0 Å². The molecule has 1 aromatic carbocycles. The third-order valence-electron chi connectivity index (χ3n) is 4.48. The molecule has 122 valence electrons. The highest BCUT2D eigenvalue weighted by atomic mass is 16.2. The van der Waals surface area contributed by atoms with E-state index in [0.717, 1.165) is 38.8 Å². The minimum atomic E-state index is -0.572. The van der Waals surface area contributed by atoms with Gasteiger partial charge in [-0.25, -0.2) is 0 Å². The average Bonchev–Trinajstić information content (AvgIpc) is 2.87. The van der Waals surface area contributed by atoms with Crippen molar-refractivity contribution in [2.45, 2.75) is 45.1 Å². The molecule has 3 rings (SSSR count). The maximum atomic E-state index is 12.9. The molecule has 0 N–H and O–H groups in total. The zero-order chi connectivity index (χ0) is 16.2. The van der Waals surface area contributed by atoms with Gasteiger partial charge in [-0.1, -0.05) is 37.1 Å². The van der Waals surface area contributed by atoms with Gasteiger partial charge in [0.1, 0.15) is 11.6 Å². The summed E-state index contributed by atoms with van der Waals surface area (Å²) in [5, 5.41) is 8.63. The van der Waals surface area contributed by atoms with E-state index in [1.807, 2.05) is 17.9 Å². The van der Waals surface area contributed by atoms with Crippen LogP contribution in [0.4, 0.5) is 0 Å². The number of carbonyl (C=O) groups is 1. The van der Waals surface area contributed by atoms with Crippen molar-refractivity contribution < 1.29 is 4.79 Å². The summed E-state index contributed by atoms with van der Waals surface area (Å²) >= 11 is 0. The number of nitrogens with zero attached hydrogens (tertiary/aromatic N) is 4. The van der Waals surface area contributed by atoms with Crippen LogP contribution < -0.4 is 5.56 Å². The Balaban J connectivity index is 1.95. The predicted molar refractivity (Wildman–Crippen MR) is 88.2 cm³/mol. The van der Waals surface area contributed by atoms with E-state index in [1.54, 1.807) is 18.2 Å². The number of fused-ring (bicyclic) bond motifs is 1. The SMILES string of the molecule is CCC(C(=O)N1CCCCCC1)n1nnc2ccccc2c1=O. The van der Waals surface area contributed by atoms with E-state index in [-0.39, 0.29) is 11.5 Å². The van der Waals surface area contributed by atoms with Crippen molar-refractivity contribution in [2.24, 2.45) is 0 Å². The van der Waals surface area contributed by atoms with E-state index in [1.165, 1.54) is 4.68 Å². The quantitative estimate of drug-likeness (QED) is 0.870. The van der Waals surface area contributed by atoms with Crippen molar-refractivity contribution in [2.75, 3.05) is 13.1 Å². The number of amides is 1. The highest BCUT2D eigenvalue weighted by Crippen LogP contribution is 2.17. The summed E-state index contributed by atoms with van der Waals surface area (Å²) in [6, 6.07) is 6.53. The van der Waals surface area contributed by atoms with Crippen LogP contribution in [0.15, 0.2) is 29.1 Å². The van der Waals surface area contributed by atoms with E-state index < -0.39 is 6.04 Å². The topological polar surface area (TPSA) is 68.1 Å². The van der Waals surface area contributed by atoms with Crippen molar-refractivity contribution >= 4 is 16.8 Å². The fraction of sp³-hybridized carbons (Fsp3) is 0.529. The molecule has 0 radical (unpaired) electrons. The molecular formula is C17H22N4O2. The summed E-state index contributed by atoms with van der Waals surface area (Å²) in [7, 11) is 0. The van der Waals surface area contributed by atoms with E-state index >= 15 is 0 Å². The number of hydrogen-bond acceptors (Lipinski definition) is 4. The monoisotopic (exact) mass is 314 g/mol. The lowest BCUT2D eigenvalue weighted by atomic mass is 10.1. The number of carbonyl (C=O) groups excluding carboxylic acids is 1. The molecule has 0 aliphatic carbocycles. The smallest absolute Gasteiger partial charge is 0.278 e. The normalized spacial score (nSPS) is 17.0. The Kier molecular flexibility index (Phi) is 4.69. The first-order chi connectivity index (χ1) is 11.2. The summed E-state index contributed by atoms with van der Waals surface area (Å²) in [4.78, 5) is 27.4. The van der Waals surface area contributed by atoms with E-state index in [0.29, 0.717) is 17.3 Å². The first-order valence-corrected chi connectivity index (χ1v) is 8.35. The second kappa shape index (κ2) is 6.89. The Bertz CT molecular complexity index is 748. The molecule has 0 spiro atoms. The molecule has 1 fully saturated rings. The third-order valence-corrected chi connectivity index (χ3v) is 4.48. The lowest BCUT2D eigenvalue weighted by Crippen LogP contribution is -2.42. The standard InChI is InChI=1S/C17H22N4O2/c1-2-15(17(23)20-11-7-3-4-8-12-20)21-16(22)13-9-5-6-10-14(13)18-19-21/h5-6,9-10,15H,2-4,7-8,11-12H2,1H3. The fourth-order valence-electron chi connectivity index (χ4n) is 3.16. The van der Waals surface area contributed by atoms with Crippen LogP contribution in [-0.2, 0) is 4.79 Å². The average molecular weight is 314 g/mol. The minimum Gasteiger partial charge on any atom is -0.341 e. The predicted octanol–water partition coefficient (Wildman–Crippen LogP) is 2.15. The molecule has 23 heavy (non-hydrogen) atoms. The van der Waals surface area contributed by atoms with Crippen LogP contribution in [0.25, 0.3) is 10.9 Å². The second-order valence-corrected chi connectivity index (χ2v) is 6.02. The van der Waals surface area contributed by atoms with Gasteiger partial charge >= 0.3 is 0 Å². The lowest BCUT2D eigenvalue weighted by molar-refractivity contribution is -0.135. The van der Waals surface area contributed by atoms with Crippen LogP contribution in [0.5, 0.6) is 0 Å². The summed E-state index contributed by atoms with van der Waals surface area (Å²) in [5.41, 5.74) is 0.316. The van der Waals surface area contributed by atoms with Crippen LogP contribution in [0, 0.1) is 0 Å². The molecule has 0 saturated carbocycles. The van der Waals surface area contributed by atoms with Gasteiger partial charge in [-0.2, -0.15) is 4.68 Å².